The van der Waals surface area contributed by atoms with Crippen molar-refractivity contribution in [2.45, 2.75) is 19.0 Å². The summed E-state index contributed by atoms with van der Waals surface area (Å²) >= 11 is 0. The number of likely N-dealkylation sites (N-methyl/N-ethyl adjacent to an activating group) is 1. The molecule has 0 fully saturated rings. The van der Waals surface area contributed by atoms with Gasteiger partial charge < -0.3 is 9.67 Å². The van der Waals surface area contributed by atoms with Crippen LogP contribution in [0.2, 0.25) is 0 Å². The lowest BCUT2D eigenvalue weighted by Crippen LogP contribution is -2.44. The van der Waals surface area contributed by atoms with Gasteiger partial charge in [-0.05, 0) is 41.8 Å². The lowest BCUT2D eigenvalue weighted by Gasteiger charge is -2.38. The highest BCUT2D eigenvalue weighted by atomic mass is 16.4. The van der Waals surface area contributed by atoms with Crippen LogP contribution in [0.25, 0.3) is 16.5 Å². The SMILES string of the molecule is CN1CC(C(=O)O)C=C2c3cccc4c3c(cn4Cc3ccccc3)CC21. The molecule has 1 aliphatic carbocycles. The Labute approximate surface area is 158 Å². The largest absolute Gasteiger partial charge is 0.481 e. The number of hydrogen-bond donors (Lipinski definition) is 1. The molecule has 0 spiro atoms. The first-order chi connectivity index (χ1) is 13.1. The van der Waals surface area contributed by atoms with E-state index < -0.39 is 11.9 Å². The molecule has 0 radical (unpaired) electrons. The second kappa shape index (κ2) is 6.10. The molecule has 1 N–H and O–H groups in total. The first kappa shape index (κ1) is 16.3. The Morgan fingerprint density at radius 2 is 1.96 bits per heavy atom. The van der Waals surface area contributed by atoms with Crippen molar-refractivity contribution in [1.29, 1.82) is 0 Å². The van der Waals surface area contributed by atoms with Crippen LogP contribution in [0.3, 0.4) is 0 Å². The van der Waals surface area contributed by atoms with Crippen molar-refractivity contribution in [3.63, 3.8) is 0 Å². The second-order valence-corrected chi connectivity index (χ2v) is 7.69. The number of hydrogen-bond acceptors (Lipinski definition) is 2. The van der Waals surface area contributed by atoms with Gasteiger partial charge in [-0.15, -0.1) is 0 Å². The molecular formula is C23H22N2O2. The van der Waals surface area contributed by atoms with Gasteiger partial charge in [-0.25, -0.2) is 0 Å². The molecule has 4 nitrogen and oxygen atoms in total. The molecule has 1 aliphatic heterocycles. The third-order valence-electron chi connectivity index (χ3n) is 5.98. The number of benzene rings is 2. The van der Waals surface area contributed by atoms with Crippen molar-refractivity contribution < 1.29 is 9.90 Å². The van der Waals surface area contributed by atoms with Gasteiger partial charge in [-0.2, -0.15) is 0 Å². The summed E-state index contributed by atoms with van der Waals surface area (Å²) in [5.74, 6) is -1.18. The first-order valence-corrected chi connectivity index (χ1v) is 9.41. The molecule has 0 bridgehead atoms. The van der Waals surface area contributed by atoms with E-state index in [1.807, 2.05) is 19.2 Å². The third-order valence-corrected chi connectivity index (χ3v) is 5.98. The summed E-state index contributed by atoms with van der Waals surface area (Å²) in [6.07, 6.45) is 5.21. The van der Waals surface area contributed by atoms with Crippen molar-refractivity contribution in [2.75, 3.05) is 13.6 Å². The number of aromatic nitrogens is 1. The summed E-state index contributed by atoms with van der Waals surface area (Å²) in [7, 11) is 2.04. The van der Waals surface area contributed by atoms with Crippen LogP contribution in [0.1, 0.15) is 16.7 Å². The number of aliphatic carboxylic acids is 1. The quantitative estimate of drug-likeness (QED) is 0.777. The smallest absolute Gasteiger partial charge is 0.311 e. The Hall–Kier alpha value is -2.85. The Kier molecular flexibility index (Phi) is 3.69. The van der Waals surface area contributed by atoms with Crippen LogP contribution in [0.15, 0.2) is 60.8 Å². The summed E-state index contributed by atoms with van der Waals surface area (Å²) in [4.78, 5) is 13.8. The molecule has 0 saturated carbocycles. The Morgan fingerprint density at radius 3 is 2.74 bits per heavy atom. The minimum atomic E-state index is -0.743. The van der Waals surface area contributed by atoms with E-state index in [0.717, 1.165) is 13.0 Å². The average Bonchev–Trinajstić information content (AvgIpc) is 3.02. The third kappa shape index (κ3) is 2.60. The maximum Gasteiger partial charge on any atom is 0.311 e. The minimum absolute atomic E-state index is 0.256. The highest BCUT2D eigenvalue weighted by molar-refractivity contribution is 5.99. The molecule has 4 heteroatoms. The molecule has 1 aromatic heterocycles. The van der Waals surface area contributed by atoms with Crippen LogP contribution >= 0.6 is 0 Å². The number of fused-ring (bicyclic) bond motifs is 2. The van der Waals surface area contributed by atoms with E-state index >= 15 is 0 Å². The highest BCUT2D eigenvalue weighted by Gasteiger charge is 2.35. The van der Waals surface area contributed by atoms with Crippen molar-refractivity contribution in [2.24, 2.45) is 5.92 Å². The maximum absolute atomic E-state index is 11.6. The number of nitrogens with zero attached hydrogens (tertiary/aromatic N) is 2. The zero-order chi connectivity index (χ0) is 18.5. The van der Waals surface area contributed by atoms with E-state index in [9.17, 15) is 9.90 Å². The van der Waals surface area contributed by atoms with Crippen LogP contribution < -0.4 is 0 Å². The van der Waals surface area contributed by atoms with Crippen LogP contribution in [-0.4, -0.2) is 40.2 Å². The number of carboxylic acid groups (broad SMARTS) is 1. The zero-order valence-electron chi connectivity index (χ0n) is 15.3. The maximum atomic E-state index is 11.6. The van der Waals surface area contributed by atoms with Gasteiger partial charge in [0.1, 0.15) is 0 Å². The number of carboxylic acids is 1. The molecule has 3 aromatic rings. The van der Waals surface area contributed by atoms with Gasteiger partial charge >= 0.3 is 5.97 Å². The molecule has 27 heavy (non-hydrogen) atoms. The number of rotatable bonds is 3. The summed E-state index contributed by atoms with van der Waals surface area (Å²) in [6, 6.07) is 17.2. The van der Waals surface area contributed by atoms with Crippen molar-refractivity contribution in [3.8, 4) is 0 Å². The standard InChI is InChI=1S/C23H22N2O2/c1-24-13-17(23(26)27)10-19-18-8-5-9-20-22(18)16(11-21(19)24)14-25(20)12-15-6-3-2-4-7-15/h2-10,14,17,21H,11-13H2,1H3,(H,26,27). The lowest BCUT2D eigenvalue weighted by molar-refractivity contribution is -0.140. The van der Waals surface area contributed by atoms with E-state index in [-0.39, 0.29) is 6.04 Å². The van der Waals surface area contributed by atoms with Gasteiger partial charge in [0.25, 0.3) is 0 Å². The van der Waals surface area contributed by atoms with Crippen LogP contribution in [0.5, 0.6) is 0 Å². The van der Waals surface area contributed by atoms with Crippen LogP contribution in [0.4, 0.5) is 0 Å². The van der Waals surface area contributed by atoms with E-state index in [1.165, 1.54) is 33.2 Å². The van der Waals surface area contributed by atoms with E-state index in [4.69, 9.17) is 0 Å². The van der Waals surface area contributed by atoms with E-state index in [1.54, 1.807) is 0 Å². The van der Waals surface area contributed by atoms with Crippen molar-refractivity contribution in [3.05, 3.63) is 77.5 Å². The normalized spacial score (nSPS) is 21.7. The van der Waals surface area contributed by atoms with E-state index in [0.29, 0.717) is 6.54 Å². The molecule has 2 aromatic carbocycles. The summed E-state index contributed by atoms with van der Waals surface area (Å²) in [5.41, 5.74) is 6.24. The molecule has 2 unspecified atom stereocenters. The summed E-state index contributed by atoms with van der Waals surface area (Å²) in [6.45, 7) is 1.41. The van der Waals surface area contributed by atoms with Gasteiger partial charge in [0.15, 0.2) is 0 Å². The molecule has 2 heterocycles. The van der Waals surface area contributed by atoms with Crippen molar-refractivity contribution in [1.82, 2.24) is 9.47 Å². The molecular weight excluding hydrogens is 336 g/mol. The van der Waals surface area contributed by atoms with Gasteiger partial charge in [0, 0.05) is 36.2 Å². The zero-order valence-corrected chi connectivity index (χ0v) is 15.3. The van der Waals surface area contributed by atoms with Gasteiger partial charge in [-0.3, -0.25) is 9.69 Å². The highest BCUT2D eigenvalue weighted by Crippen LogP contribution is 2.41. The van der Waals surface area contributed by atoms with Crippen molar-refractivity contribution >= 4 is 22.4 Å². The topological polar surface area (TPSA) is 45.5 Å². The Bertz CT molecular complexity index is 1060. The summed E-state index contributed by atoms with van der Waals surface area (Å²) in [5, 5.41) is 10.8. The van der Waals surface area contributed by atoms with Gasteiger partial charge in [-0.1, -0.05) is 48.5 Å². The minimum Gasteiger partial charge on any atom is -0.481 e. The fourth-order valence-electron chi connectivity index (χ4n) is 4.69. The van der Waals surface area contributed by atoms with Crippen LogP contribution in [-0.2, 0) is 17.8 Å². The molecule has 2 atom stereocenters. The Morgan fingerprint density at radius 1 is 1.15 bits per heavy atom. The first-order valence-electron chi connectivity index (χ1n) is 9.41. The fraction of sp³-hybridized carbons (Fsp3) is 0.261. The van der Waals surface area contributed by atoms with Crippen LogP contribution in [0, 0.1) is 5.92 Å². The number of carbonyl (C=O) groups is 1. The Balaban J connectivity index is 1.65. The fourth-order valence-corrected chi connectivity index (χ4v) is 4.69. The van der Waals surface area contributed by atoms with Gasteiger partial charge in [0.05, 0.1) is 5.92 Å². The second-order valence-electron chi connectivity index (χ2n) is 7.69. The van der Waals surface area contributed by atoms with E-state index in [2.05, 4.69) is 58.1 Å². The lowest BCUT2D eigenvalue weighted by atomic mass is 9.80. The predicted octanol–water partition coefficient (Wildman–Crippen LogP) is 3.64. The predicted molar refractivity (Wildman–Crippen MR) is 107 cm³/mol. The van der Waals surface area contributed by atoms with Gasteiger partial charge in [0.2, 0.25) is 0 Å². The molecule has 5 rings (SSSR count). The monoisotopic (exact) mass is 358 g/mol. The molecule has 0 amide bonds. The molecule has 2 aliphatic rings. The molecule has 136 valence electrons. The summed E-state index contributed by atoms with van der Waals surface area (Å²) < 4.78 is 2.33. The average molecular weight is 358 g/mol. The molecule has 0 saturated heterocycles.